The molecule has 0 amide bonds. The van der Waals surface area contributed by atoms with E-state index in [2.05, 4.69) is 64.7 Å². The third kappa shape index (κ3) is 6.43. The summed E-state index contributed by atoms with van der Waals surface area (Å²) >= 11 is 0. The molecule has 9 atom stereocenters. The highest BCUT2D eigenvalue weighted by molar-refractivity contribution is 7.82. The van der Waals surface area contributed by atoms with E-state index in [0.29, 0.717) is 32.6 Å². The number of carbonyl (C=O) groups is 1. The van der Waals surface area contributed by atoms with E-state index < -0.39 is 17.0 Å². The van der Waals surface area contributed by atoms with E-state index in [1.54, 1.807) is 18.2 Å². The predicted molar refractivity (Wildman–Crippen MR) is 212 cm³/mol. The lowest BCUT2D eigenvalue weighted by molar-refractivity contribution is -0.222. The van der Waals surface area contributed by atoms with Crippen LogP contribution in [0, 0.1) is 50.7 Å². The van der Waals surface area contributed by atoms with Gasteiger partial charge >= 0.3 is 5.97 Å². The Hall–Kier alpha value is -2.54. The van der Waals surface area contributed by atoms with Crippen LogP contribution in [-0.4, -0.2) is 28.4 Å². The summed E-state index contributed by atoms with van der Waals surface area (Å²) in [6.45, 7) is 20.4. The first-order valence-electron chi connectivity index (χ1n) is 19.7. The second-order valence-corrected chi connectivity index (χ2v) is 19.3. The molecular weight excluding hydrogens is 649 g/mol. The molecule has 0 bridgehead atoms. The molecule has 0 spiro atoms. The van der Waals surface area contributed by atoms with E-state index in [9.17, 15) is 14.1 Å². The summed E-state index contributed by atoms with van der Waals surface area (Å²) in [6, 6.07) is 15.6. The first-order valence-corrected chi connectivity index (χ1v) is 21.0. The number of nitrogens with two attached hydrogens (primary N) is 1. The van der Waals surface area contributed by atoms with Crippen molar-refractivity contribution >= 4 is 22.5 Å². The number of allylic oxidation sites excluding steroid dienone is 3. The van der Waals surface area contributed by atoms with Crippen LogP contribution in [-0.2, 0) is 17.4 Å². The Morgan fingerprint density at radius 2 is 1.59 bits per heavy atom. The van der Waals surface area contributed by atoms with Crippen molar-refractivity contribution in [2.75, 3.05) is 13.1 Å². The van der Waals surface area contributed by atoms with Crippen LogP contribution in [0.15, 0.2) is 72.2 Å². The number of benzene rings is 2. The van der Waals surface area contributed by atoms with E-state index in [-0.39, 0.29) is 10.8 Å². The fourth-order valence-corrected chi connectivity index (χ4v) is 13.7. The van der Waals surface area contributed by atoms with Gasteiger partial charge in [0.25, 0.3) is 0 Å². The lowest BCUT2D eigenvalue weighted by Crippen LogP contribution is -2.65. The molecular formula is C45H64N2O3S. The third-order valence-corrected chi connectivity index (χ3v) is 16.5. The van der Waals surface area contributed by atoms with E-state index in [0.717, 1.165) is 43.7 Å². The van der Waals surface area contributed by atoms with Crippen LogP contribution in [0.4, 0.5) is 0 Å². The maximum atomic E-state index is 11.6. The van der Waals surface area contributed by atoms with Crippen molar-refractivity contribution in [3.8, 4) is 0 Å². The molecule has 2 aromatic carbocycles. The monoisotopic (exact) mass is 712 g/mol. The highest BCUT2D eigenvalue weighted by Gasteiger charge is 2.69. The van der Waals surface area contributed by atoms with Gasteiger partial charge in [-0.1, -0.05) is 77.5 Å². The number of rotatable bonds is 8. The number of fused-ring (bicyclic) bond motifs is 7. The molecule has 0 aliphatic heterocycles. The zero-order chi connectivity index (χ0) is 36.8. The zero-order valence-corrected chi connectivity index (χ0v) is 33.0. The molecule has 0 saturated heterocycles. The van der Waals surface area contributed by atoms with Gasteiger partial charge in [0.1, 0.15) is 11.0 Å². The summed E-state index contributed by atoms with van der Waals surface area (Å²) in [7, 11) is -1.42. The molecule has 0 aromatic heterocycles. The van der Waals surface area contributed by atoms with Crippen LogP contribution in [0.25, 0.3) is 5.57 Å². The van der Waals surface area contributed by atoms with Crippen molar-refractivity contribution in [3.05, 3.63) is 84.0 Å². The van der Waals surface area contributed by atoms with Gasteiger partial charge in [0, 0.05) is 6.54 Å². The second kappa shape index (κ2) is 14.4. The highest BCUT2D eigenvalue weighted by Crippen LogP contribution is 2.77. The van der Waals surface area contributed by atoms with Gasteiger partial charge < -0.3 is 10.4 Å². The lowest BCUT2D eigenvalue weighted by Gasteiger charge is -2.72. The Morgan fingerprint density at radius 1 is 0.902 bits per heavy atom. The van der Waals surface area contributed by atoms with Crippen molar-refractivity contribution in [2.24, 2.45) is 55.9 Å². The Morgan fingerprint density at radius 3 is 2.24 bits per heavy atom. The minimum absolute atomic E-state index is 0.0426. The van der Waals surface area contributed by atoms with Gasteiger partial charge in [-0.3, -0.25) is 0 Å². The van der Waals surface area contributed by atoms with Crippen LogP contribution in [0.5, 0.6) is 0 Å². The van der Waals surface area contributed by atoms with Gasteiger partial charge in [-0.15, -0.1) is 6.58 Å². The summed E-state index contributed by atoms with van der Waals surface area (Å²) in [4.78, 5) is 12.2. The second-order valence-electron chi connectivity index (χ2n) is 18.2. The molecule has 8 unspecified atom stereocenters. The number of carboxylic acids is 1. The van der Waals surface area contributed by atoms with Gasteiger partial charge in [-0.2, -0.15) is 0 Å². The Labute approximate surface area is 310 Å². The van der Waals surface area contributed by atoms with Gasteiger partial charge in [-0.05, 0) is 169 Å². The molecule has 278 valence electrons. The van der Waals surface area contributed by atoms with Crippen LogP contribution < -0.4 is 10.5 Å². The van der Waals surface area contributed by atoms with Gasteiger partial charge in [0.05, 0.1) is 10.5 Å². The number of hydrogen-bond acceptors (Lipinski definition) is 3. The Balaban J connectivity index is 0.00000144. The summed E-state index contributed by atoms with van der Waals surface area (Å²) in [5.74, 6) is 2.13. The Kier molecular flexibility index (Phi) is 10.8. The van der Waals surface area contributed by atoms with E-state index in [1.165, 1.54) is 74.5 Å². The maximum absolute atomic E-state index is 11.6. The van der Waals surface area contributed by atoms with Gasteiger partial charge in [-0.25, -0.2) is 14.1 Å². The van der Waals surface area contributed by atoms with Gasteiger partial charge in [0.15, 0.2) is 0 Å². The van der Waals surface area contributed by atoms with Crippen molar-refractivity contribution < 1.29 is 14.1 Å². The molecule has 5 nitrogen and oxygen atoms in total. The van der Waals surface area contributed by atoms with Gasteiger partial charge in [0.2, 0.25) is 0 Å². The van der Waals surface area contributed by atoms with Crippen molar-refractivity contribution in [1.82, 2.24) is 5.32 Å². The normalized spacial score (nSPS) is 36.9. The average molecular weight is 713 g/mol. The minimum Gasteiger partial charge on any atom is -0.478 e. The minimum atomic E-state index is -1.42. The van der Waals surface area contributed by atoms with Crippen molar-refractivity contribution in [3.63, 3.8) is 0 Å². The highest BCUT2D eigenvalue weighted by atomic mass is 32.2. The third-order valence-electron chi connectivity index (χ3n) is 15.8. The quantitative estimate of drug-likeness (QED) is 0.188. The van der Waals surface area contributed by atoms with Crippen LogP contribution in [0.1, 0.15) is 127 Å². The van der Waals surface area contributed by atoms with Crippen LogP contribution in [0.2, 0.25) is 0 Å². The first-order chi connectivity index (χ1) is 24.2. The molecule has 5 aliphatic rings. The standard InChI is InChI=1S/C42H58N2O3S.C3H6/c1-38(2)32(29-10-12-30(13-11-29)37(45)46)18-22-39(3)35(38)19-23-41(5)36(39)17-16-33-34-7-6-21-42(34,25-24-40(33,41)4)27-44-26-20-28-8-14-31(15-9-28)48(43)47;1-3-2/h8-15,18,33-36,44H,6-7,16-17,19-27,43H2,1-5H3,(H,45,46);3H,1H2,2H3/t33?,34?,35?,36?,39?,40-,41?,42?,48?;/m1./s1. The van der Waals surface area contributed by atoms with E-state index in [4.69, 9.17) is 5.14 Å². The maximum Gasteiger partial charge on any atom is 0.335 e. The molecule has 4 N–H and O–H groups in total. The van der Waals surface area contributed by atoms with Crippen molar-refractivity contribution in [1.29, 1.82) is 0 Å². The fourth-order valence-electron chi connectivity index (χ4n) is 13.3. The van der Waals surface area contributed by atoms with Crippen LogP contribution in [0.3, 0.4) is 0 Å². The molecule has 6 heteroatoms. The number of hydrogen-bond donors (Lipinski definition) is 3. The smallest absolute Gasteiger partial charge is 0.335 e. The summed E-state index contributed by atoms with van der Waals surface area (Å²) < 4.78 is 11.6. The molecule has 5 aliphatic carbocycles. The SMILES string of the molecule is C=CC.CC1(C)C(c2ccc(C(=O)O)cc2)=CCC2(C)C1CCC1(C)C2CCC2C3CCCC3(CNCCc3ccc(S(N)=O)cc3)CC[C@]21C. The first kappa shape index (κ1) is 38.2. The zero-order valence-electron chi connectivity index (χ0n) is 32.2. The molecule has 0 heterocycles. The molecule has 51 heavy (non-hydrogen) atoms. The molecule has 0 radical (unpaired) electrons. The van der Waals surface area contributed by atoms with Crippen molar-refractivity contribution in [2.45, 2.75) is 117 Å². The summed E-state index contributed by atoms with van der Waals surface area (Å²) in [5, 5.41) is 18.9. The largest absolute Gasteiger partial charge is 0.478 e. The summed E-state index contributed by atoms with van der Waals surface area (Å²) in [6.07, 6.45) is 18.6. The Bertz CT molecular complexity index is 1650. The molecule has 4 fully saturated rings. The number of aromatic carboxylic acids is 1. The number of nitrogens with one attached hydrogen (secondary N) is 1. The predicted octanol–water partition coefficient (Wildman–Crippen LogP) is 10.2. The van der Waals surface area contributed by atoms with Crippen LogP contribution >= 0.6 is 0 Å². The summed E-state index contributed by atoms with van der Waals surface area (Å²) in [5.41, 5.74) is 5.73. The topological polar surface area (TPSA) is 92.4 Å². The fraction of sp³-hybridized carbons (Fsp3) is 0.622. The molecule has 2 aromatic rings. The lowest BCUT2D eigenvalue weighted by atomic mass is 9.32. The molecule has 7 rings (SSSR count). The average Bonchev–Trinajstić information content (AvgIpc) is 3.52. The molecule has 4 saturated carbocycles. The number of carboxylic acid groups (broad SMARTS) is 1. The van der Waals surface area contributed by atoms with E-state index >= 15 is 0 Å². The van der Waals surface area contributed by atoms with E-state index in [1.807, 2.05) is 31.2 Å².